The Morgan fingerprint density at radius 2 is 1.90 bits per heavy atom. The number of esters is 1. The van der Waals surface area contributed by atoms with E-state index >= 15 is 0 Å². The number of hydrogen-bond donors (Lipinski definition) is 0. The molecule has 1 rings (SSSR count). The Morgan fingerprint density at radius 1 is 1.29 bits per heavy atom. The van der Waals surface area contributed by atoms with Gasteiger partial charge in [-0.25, -0.2) is 13.2 Å². The van der Waals surface area contributed by atoms with Gasteiger partial charge in [-0.2, -0.15) is 0 Å². The molecule has 0 aliphatic rings. The lowest BCUT2D eigenvalue weighted by atomic mass is 10.1. The first-order chi connectivity index (χ1) is 9.73. The summed E-state index contributed by atoms with van der Waals surface area (Å²) in [6.45, 7) is 6.82. The predicted molar refractivity (Wildman–Crippen MR) is 80.5 cm³/mol. The predicted octanol–water partition coefficient (Wildman–Crippen LogP) is 1.08. The summed E-state index contributed by atoms with van der Waals surface area (Å²) >= 11 is 0. The Bertz CT molecular complexity index is 688. The number of aryl methyl sites for hydroxylation is 1. The van der Waals surface area contributed by atoms with Crippen molar-refractivity contribution in [3.8, 4) is 0 Å². The molecule has 118 valence electrons. The summed E-state index contributed by atoms with van der Waals surface area (Å²) in [7, 11) is -3.18. The van der Waals surface area contributed by atoms with Gasteiger partial charge in [-0.1, -0.05) is 6.92 Å². The van der Waals surface area contributed by atoms with Gasteiger partial charge in [0.2, 0.25) is 0 Å². The van der Waals surface area contributed by atoms with Crippen LogP contribution >= 0.6 is 0 Å². The van der Waals surface area contributed by atoms with Crippen molar-refractivity contribution in [1.82, 2.24) is 4.57 Å². The average Bonchev–Trinajstić information content (AvgIpc) is 2.38. The smallest absolute Gasteiger partial charge is 0.340 e. The molecule has 0 saturated carbocycles. The van der Waals surface area contributed by atoms with Crippen molar-refractivity contribution in [3.63, 3.8) is 0 Å². The zero-order valence-electron chi connectivity index (χ0n) is 12.8. The molecule has 0 bridgehead atoms. The van der Waals surface area contributed by atoms with E-state index in [0.29, 0.717) is 16.8 Å². The van der Waals surface area contributed by atoms with Crippen molar-refractivity contribution >= 4 is 15.8 Å². The van der Waals surface area contributed by atoms with Gasteiger partial charge in [0, 0.05) is 24.1 Å². The van der Waals surface area contributed by atoms with Gasteiger partial charge in [0.15, 0.2) is 9.84 Å². The minimum atomic E-state index is -3.18. The van der Waals surface area contributed by atoms with Gasteiger partial charge in [-0.3, -0.25) is 4.79 Å². The summed E-state index contributed by atoms with van der Waals surface area (Å²) in [4.78, 5) is 24.0. The van der Waals surface area contributed by atoms with Gasteiger partial charge < -0.3 is 9.30 Å². The van der Waals surface area contributed by atoms with Gasteiger partial charge >= 0.3 is 5.97 Å². The highest BCUT2D eigenvalue weighted by Gasteiger charge is 2.18. The number of carbonyl (C=O) groups excluding carboxylic acids is 1. The summed E-state index contributed by atoms with van der Waals surface area (Å²) in [5.41, 5.74) is 0.977. The minimum Gasteiger partial charge on any atom is -0.462 e. The third-order valence-electron chi connectivity index (χ3n) is 3.31. The van der Waals surface area contributed by atoms with Crippen LogP contribution in [0.5, 0.6) is 0 Å². The van der Waals surface area contributed by atoms with Gasteiger partial charge in [0.25, 0.3) is 5.56 Å². The van der Waals surface area contributed by atoms with Crippen LogP contribution in [0.25, 0.3) is 0 Å². The fraction of sp³-hybridized carbons (Fsp3) is 0.571. The second kappa shape index (κ2) is 6.89. The summed E-state index contributed by atoms with van der Waals surface area (Å²) in [5, 5.41) is 0. The highest BCUT2D eigenvalue weighted by Crippen LogP contribution is 2.13. The van der Waals surface area contributed by atoms with Crippen molar-refractivity contribution in [2.45, 2.75) is 34.2 Å². The topological polar surface area (TPSA) is 82.4 Å². The summed E-state index contributed by atoms with van der Waals surface area (Å²) < 4.78 is 29.4. The number of ether oxygens (including phenoxy) is 1. The number of nitrogens with zero attached hydrogens (tertiary/aromatic N) is 1. The molecule has 0 amide bonds. The molecular weight excluding hydrogens is 294 g/mol. The third-order valence-corrected chi connectivity index (χ3v) is 5.00. The van der Waals surface area contributed by atoms with Crippen molar-refractivity contribution in [2.24, 2.45) is 0 Å². The highest BCUT2D eigenvalue weighted by molar-refractivity contribution is 7.91. The van der Waals surface area contributed by atoms with Gasteiger partial charge in [-0.15, -0.1) is 0 Å². The van der Waals surface area contributed by atoms with E-state index in [1.165, 1.54) is 10.6 Å². The molecule has 21 heavy (non-hydrogen) atoms. The zero-order chi connectivity index (χ0) is 16.2. The van der Waals surface area contributed by atoms with Gasteiger partial charge in [-0.05, 0) is 26.3 Å². The molecule has 0 radical (unpaired) electrons. The van der Waals surface area contributed by atoms with Crippen molar-refractivity contribution < 1.29 is 17.9 Å². The van der Waals surface area contributed by atoms with Crippen LogP contribution in [0, 0.1) is 13.8 Å². The molecule has 0 aliphatic heterocycles. The summed E-state index contributed by atoms with van der Waals surface area (Å²) in [6.07, 6.45) is 0. The second-order valence-corrected chi connectivity index (χ2v) is 7.21. The standard InChI is InChI=1S/C14H21NO5S/c1-5-20-14(17)13-10(3)9-12(16)15(11(13)4)7-8-21(18,19)6-2/h9H,5-8H2,1-4H3. The van der Waals surface area contributed by atoms with Gasteiger partial charge in [0.1, 0.15) is 0 Å². The van der Waals surface area contributed by atoms with Crippen LogP contribution in [-0.4, -0.2) is 37.1 Å². The molecule has 0 aliphatic carbocycles. The fourth-order valence-electron chi connectivity index (χ4n) is 2.09. The lowest BCUT2D eigenvalue weighted by Gasteiger charge is -2.15. The van der Waals surface area contributed by atoms with Crippen LogP contribution in [0.2, 0.25) is 0 Å². The number of pyridine rings is 1. The lowest BCUT2D eigenvalue weighted by molar-refractivity contribution is 0.0523. The van der Waals surface area contributed by atoms with Crippen molar-refractivity contribution in [2.75, 3.05) is 18.1 Å². The Kier molecular flexibility index (Phi) is 5.71. The number of aromatic nitrogens is 1. The molecule has 7 heteroatoms. The maximum Gasteiger partial charge on any atom is 0.340 e. The van der Waals surface area contributed by atoms with Gasteiger partial charge in [0.05, 0.1) is 17.9 Å². The molecule has 1 aromatic rings. The van der Waals surface area contributed by atoms with E-state index in [0.717, 1.165) is 0 Å². The Balaban J connectivity index is 3.25. The van der Waals surface area contributed by atoms with Crippen molar-refractivity contribution in [3.05, 3.63) is 33.2 Å². The van der Waals surface area contributed by atoms with E-state index in [-0.39, 0.29) is 30.2 Å². The number of rotatable bonds is 6. The van der Waals surface area contributed by atoms with E-state index in [1.54, 1.807) is 27.7 Å². The normalized spacial score (nSPS) is 11.4. The SMILES string of the molecule is CCOC(=O)c1c(C)cc(=O)n(CCS(=O)(=O)CC)c1C. The maximum absolute atomic E-state index is 12.0. The number of sulfone groups is 1. The average molecular weight is 315 g/mol. The molecule has 0 spiro atoms. The van der Waals surface area contributed by atoms with E-state index in [9.17, 15) is 18.0 Å². The first-order valence-corrected chi connectivity index (χ1v) is 8.64. The molecule has 1 aromatic heterocycles. The number of hydrogen-bond acceptors (Lipinski definition) is 5. The van der Waals surface area contributed by atoms with E-state index in [2.05, 4.69) is 0 Å². The lowest BCUT2D eigenvalue weighted by Crippen LogP contribution is -2.29. The fourth-order valence-corrected chi connectivity index (χ4v) is 2.83. The molecule has 0 unspecified atom stereocenters. The van der Waals surface area contributed by atoms with Crippen LogP contribution < -0.4 is 5.56 Å². The largest absolute Gasteiger partial charge is 0.462 e. The molecule has 0 saturated heterocycles. The van der Waals surface area contributed by atoms with E-state index in [4.69, 9.17) is 4.74 Å². The summed E-state index contributed by atoms with van der Waals surface area (Å²) in [5.74, 6) is -0.605. The molecule has 1 heterocycles. The monoisotopic (exact) mass is 315 g/mol. The van der Waals surface area contributed by atoms with Crippen LogP contribution in [0.1, 0.15) is 35.5 Å². The molecule has 6 nitrogen and oxygen atoms in total. The minimum absolute atomic E-state index is 0.0252. The zero-order valence-corrected chi connectivity index (χ0v) is 13.6. The van der Waals surface area contributed by atoms with Crippen LogP contribution in [0.4, 0.5) is 0 Å². The van der Waals surface area contributed by atoms with E-state index < -0.39 is 15.8 Å². The highest BCUT2D eigenvalue weighted by atomic mass is 32.2. The van der Waals surface area contributed by atoms with Crippen LogP contribution in [0.3, 0.4) is 0 Å². The Labute approximate surface area is 124 Å². The third kappa shape index (κ3) is 4.17. The van der Waals surface area contributed by atoms with Crippen LogP contribution in [-0.2, 0) is 21.1 Å². The maximum atomic E-state index is 12.0. The van der Waals surface area contributed by atoms with Crippen molar-refractivity contribution in [1.29, 1.82) is 0 Å². The second-order valence-electron chi connectivity index (χ2n) is 4.73. The molecule has 0 aromatic carbocycles. The van der Waals surface area contributed by atoms with Crippen LogP contribution in [0.15, 0.2) is 10.9 Å². The molecular formula is C14H21NO5S. The number of carbonyl (C=O) groups is 1. The van der Waals surface area contributed by atoms with E-state index in [1.807, 2.05) is 0 Å². The molecule has 0 N–H and O–H groups in total. The Hall–Kier alpha value is -1.63. The Morgan fingerprint density at radius 3 is 2.43 bits per heavy atom. The first kappa shape index (κ1) is 17.4. The first-order valence-electron chi connectivity index (χ1n) is 6.82. The quantitative estimate of drug-likeness (QED) is 0.734. The molecule has 0 fully saturated rings. The molecule has 0 atom stereocenters. The summed E-state index contributed by atoms with van der Waals surface area (Å²) in [6, 6.07) is 1.33.